The number of nitrogens with zero attached hydrogens (tertiary/aromatic N) is 1. The van der Waals surface area contributed by atoms with Crippen LogP contribution in [0.15, 0.2) is 9.98 Å². The summed E-state index contributed by atoms with van der Waals surface area (Å²) < 4.78 is 1.16. The van der Waals surface area contributed by atoms with Gasteiger partial charge in [0.15, 0.2) is 0 Å². The number of halogens is 1. The molecule has 0 saturated heterocycles. The summed E-state index contributed by atoms with van der Waals surface area (Å²) in [7, 11) is 0. The van der Waals surface area contributed by atoms with E-state index in [1.54, 1.807) is 11.3 Å². The molecule has 1 heterocycles. The second kappa shape index (κ2) is 3.88. The summed E-state index contributed by atoms with van der Waals surface area (Å²) in [5.74, 6) is 0.728. The molecule has 0 N–H and O–H groups in total. The molecule has 1 aromatic rings. The van der Waals surface area contributed by atoms with Gasteiger partial charge in [-0.05, 0) is 48.0 Å². The number of rotatable bonds is 1. The zero-order valence-corrected chi connectivity index (χ0v) is 9.20. The predicted molar refractivity (Wildman–Crippen MR) is 55.3 cm³/mol. The third-order valence-electron chi connectivity index (χ3n) is 2.28. The third kappa shape index (κ3) is 1.88. The lowest BCUT2D eigenvalue weighted by atomic mass is 9.90. The Morgan fingerprint density at radius 2 is 2.17 bits per heavy atom. The first kappa shape index (κ1) is 8.70. The lowest BCUT2D eigenvalue weighted by molar-refractivity contribution is 0.510. The highest BCUT2D eigenvalue weighted by Crippen LogP contribution is 2.35. The first-order valence-electron chi connectivity index (χ1n) is 4.29. The highest BCUT2D eigenvalue weighted by atomic mass is 79.9. The van der Waals surface area contributed by atoms with Gasteiger partial charge in [-0.25, -0.2) is 4.98 Å². The molecule has 0 atom stereocenters. The highest BCUT2D eigenvalue weighted by molar-refractivity contribution is 9.11. The quantitative estimate of drug-likeness (QED) is 0.733. The van der Waals surface area contributed by atoms with E-state index < -0.39 is 0 Å². The van der Waals surface area contributed by atoms with Gasteiger partial charge in [-0.1, -0.05) is 0 Å². The summed E-state index contributed by atoms with van der Waals surface area (Å²) in [5.41, 5.74) is 0. The van der Waals surface area contributed by atoms with E-state index in [0.29, 0.717) is 0 Å². The van der Waals surface area contributed by atoms with E-state index in [2.05, 4.69) is 27.3 Å². The standard InChI is InChI=1S/C9H11BrNS/c10-8-6-11-9(12-8)7-4-2-1-3-5-7/h1,6-7H,2-5H2. The normalized spacial score (nSPS) is 19.8. The Balaban J connectivity index is 2.08. The molecule has 0 spiro atoms. The van der Waals surface area contributed by atoms with Gasteiger partial charge in [-0.2, -0.15) is 0 Å². The molecule has 3 heteroatoms. The number of thiazole rings is 1. The fraction of sp³-hybridized carbons (Fsp3) is 0.556. The molecule has 1 fully saturated rings. The van der Waals surface area contributed by atoms with Crippen LogP contribution in [0, 0.1) is 6.42 Å². The van der Waals surface area contributed by atoms with Crippen molar-refractivity contribution in [2.75, 3.05) is 0 Å². The Morgan fingerprint density at radius 3 is 2.75 bits per heavy atom. The van der Waals surface area contributed by atoms with Gasteiger partial charge in [0.05, 0.1) is 15.0 Å². The minimum absolute atomic E-state index is 0.728. The molecule has 0 bridgehead atoms. The van der Waals surface area contributed by atoms with E-state index >= 15 is 0 Å². The molecule has 1 aliphatic carbocycles. The van der Waals surface area contributed by atoms with Gasteiger partial charge in [0.1, 0.15) is 0 Å². The molecule has 1 saturated carbocycles. The smallest absolute Gasteiger partial charge is 0.0967 e. The molecule has 12 heavy (non-hydrogen) atoms. The molecule has 0 amide bonds. The zero-order chi connectivity index (χ0) is 8.39. The molecule has 0 unspecified atom stereocenters. The number of hydrogen-bond donors (Lipinski definition) is 0. The average Bonchev–Trinajstić information content (AvgIpc) is 2.54. The molecule has 0 aromatic carbocycles. The van der Waals surface area contributed by atoms with Crippen molar-refractivity contribution in [2.24, 2.45) is 0 Å². The number of aromatic nitrogens is 1. The van der Waals surface area contributed by atoms with Crippen molar-refractivity contribution in [1.29, 1.82) is 0 Å². The van der Waals surface area contributed by atoms with E-state index in [9.17, 15) is 0 Å². The zero-order valence-electron chi connectivity index (χ0n) is 6.79. The van der Waals surface area contributed by atoms with Crippen LogP contribution in [-0.2, 0) is 0 Å². The van der Waals surface area contributed by atoms with E-state index in [1.165, 1.54) is 30.7 Å². The monoisotopic (exact) mass is 244 g/mol. The maximum atomic E-state index is 4.40. The molecule has 1 aromatic heterocycles. The Hall–Kier alpha value is 0.110. The fourth-order valence-electron chi connectivity index (χ4n) is 1.63. The van der Waals surface area contributed by atoms with Crippen molar-refractivity contribution in [2.45, 2.75) is 31.6 Å². The van der Waals surface area contributed by atoms with Crippen molar-refractivity contribution in [3.8, 4) is 0 Å². The molecule has 1 radical (unpaired) electrons. The summed E-state index contributed by atoms with van der Waals surface area (Å²) in [6, 6.07) is 0. The van der Waals surface area contributed by atoms with Gasteiger partial charge < -0.3 is 0 Å². The van der Waals surface area contributed by atoms with Crippen LogP contribution in [0.3, 0.4) is 0 Å². The Morgan fingerprint density at radius 1 is 1.42 bits per heavy atom. The minimum Gasteiger partial charge on any atom is -0.248 e. The van der Waals surface area contributed by atoms with Gasteiger partial charge in [-0.3, -0.25) is 0 Å². The molecule has 1 nitrogen and oxygen atoms in total. The highest BCUT2D eigenvalue weighted by Gasteiger charge is 2.18. The first-order chi connectivity index (χ1) is 5.86. The second-order valence-electron chi connectivity index (χ2n) is 3.14. The molecular formula is C9H11BrNS. The fourth-order valence-corrected chi connectivity index (χ4v) is 3.04. The summed E-state index contributed by atoms with van der Waals surface area (Å²) in [6.45, 7) is 0. The second-order valence-corrected chi connectivity index (χ2v) is 5.58. The largest absolute Gasteiger partial charge is 0.248 e. The van der Waals surface area contributed by atoms with Crippen LogP contribution >= 0.6 is 27.3 Å². The average molecular weight is 245 g/mol. The lowest BCUT2D eigenvalue weighted by Gasteiger charge is -2.18. The Kier molecular flexibility index (Phi) is 2.81. The van der Waals surface area contributed by atoms with Crippen LogP contribution in [0.4, 0.5) is 0 Å². The van der Waals surface area contributed by atoms with Crippen LogP contribution < -0.4 is 0 Å². The predicted octanol–water partition coefficient (Wildman–Crippen LogP) is 3.77. The van der Waals surface area contributed by atoms with Gasteiger partial charge in [0.25, 0.3) is 0 Å². The molecule has 0 aliphatic heterocycles. The van der Waals surface area contributed by atoms with Crippen molar-refractivity contribution < 1.29 is 0 Å². The Labute approximate surface area is 85.3 Å². The molecule has 1 aliphatic rings. The third-order valence-corrected chi connectivity index (χ3v) is 3.92. The van der Waals surface area contributed by atoms with E-state index in [1.807, 2.05) is 6.20 Å². The maximum absolute atomic E-state index is 4.40. The van der Waals surface area contributed by atoms with Gasteiger partial charge in [-0.15, -0.1) is 11.3 Å². The van der Waals surface area contributed by atoms with Gasteiger partial charge in [0.2, 0.25) is 0 Å². The van der Waals surface area contributed by atoms with Crippen LogP contribution in [-0.4, -0.2) is 4.98 Å². The maximum Gasteiger partial charge on any atom is 0.0967 e. The van der Waals surface area contributed by atoms with Crippen LogP contribution in [0.25, 0.3) is 0 Å². The van der Waals surface area contributed by atoms with Crippen molar-refractivity contribution >= 4 is 27.3 Å². The van der Waals surface area contributed by atoms with Gasteiger partial charge in [0, 0.05) is 5.92 Å². The van der Waals surface area contributed by atoms with Crippen molar-refractivity contribution in [3.63, 3.8) is 0 Å². The molecule has 65 valence electrons. The van der Waals surface area contributed by atoms with Crippen molar-refractivity contribution in [1.82, 2.24) is 4.98 Å². The van der Waals surface area contributed by atoms with Gasteiger partial charge >= 0.3 is 0 Å². The first-order valence-corrected chi connectivity index (χ1v) is 5.90. The summed E-state index contributed by atoms with van der Waals surface area (Å²) in [6.07, 6.45) is 9.42. The van der Waals surface area contributed by atoms with Crippen LogP contribution in [0.2, 0.25) is 0 Å². The van der Waals surface area contributed by atoms with E-state index in [4.69, 9.17) is 0 Å². The van der Waals surface area contributed by atoms with Crippen LogP contribution in [0.5, 0.6) is 0 Å². The summed E-state index contributed by atoms with van der Waals surface area (Å²) in [5, 5.41) is 1.31. The summed E-state index contributed by atoms with van der Waals surface area (Å²) >= 11 is 5.23. The SMILES string of the molecule is Brc1cnc(C2CC[CH]CC2)s1. The molecule has 2 rings (SSSR count). The van der Waals surface area contributed by atoms with E-state index in [-0.39, 0.29) is 0 Å². The minimum atomic E-state index is 0.728. The van der Waals surface area contributed by atoms with E-state index in [0.717, 1.165) is 9.70 Å². The Bertz CT molecular complexity index is 253. The topological polar surface area (TPSA) is 12.9 Å². The summed E-state index contributed by atoms with van der Waals surface area (Å²) in [4.78, 5) is 4.40. The van der Waals surface area contributed by atoms with Crippen LogP contribution in [0.1, 0.15) is 36.6 Å². The molecular weight excluding hydrogens is 234 g/mol. The lowest BCUT2D eigenvalue weighted by Crippen LogP contribution is -2.03. The number of hydrogen-bond acceptors (Lipinski definition) is 2. The van der Waals surface area contributed by atoms with Crippen molar-refractivity contribution in [3.05, 3.63) is 21.4 Å².